The molecule has 0 spiro atoms. The van der Waals surface area contributed by atoms with Crippen LogP contribution in [0.1, 0.15) is 0 Å². The van der Waals surface area contributed by atoms with Crippen molar-refractivity contribution in [1.29, 1.82) is 0 Å². The highest BCUT2D eigenvalue weighted by Crippen LogP contribution is 2.37. The molecule has 1 N–H and O–H groups in total. The number of nitro groups is 1. The van der Waals surface area contributed by atoms with Crippen LogP contribution < -0.4 is 0 Å². The van der Waals surface area contributed by atoms with Gasteiger partial charge in [-0.3, -0.25) is 15.2 Å². The molecule has 0 fully saturated rings. The Balaban J connectivity index is 2.03. The van der Waals surface area contributed by atoms with Gasteiger partial charge in [0.2, 0.25) is 0 Å². The summed E-state index contributed by atoms with van der Waals surface area (Å²) in [6, 6.07) is 14.0. The minimum absolute atomic E-state index is 0.0463. The van der Waals surface area contributed by atoms with Crippen LogP contribution in [0.25, 0.3) is 11.3 Å². The second kappa shape index (κ2) is 6.21. The Morgan fingerprint density at radius 2 is 1.91 bits per heavy atom. The number of hydrogen-bond donors (Lipinski definition) is 1. The maximum absolute atomic E-state index is 11.0. The van der Waals surface area contributed by atoms with Crippen molar-refractivity contribution in [2.75, 3.05) is 0 Å². The van der Waals surface area contributed by atoms with E-state index in [0.717, 1.165) is 21.0 Å². The summed E-state index contributed by atoms with van der Waals surface area (Å²) in [6.07, 6.45) is 1.62. The van der Waals surface area contributed by atoms with Gasteiger partial charge in [-0.25, -0.2) is 0 Å². The summed E-state index contributed by atoms with van der Waals surface area (Å²) in [5, 5.41) is 18.4. The summed E-state index contributed by atoms with van der Waals surface area (Å²) >= 11 is 7.40. The Hall–Kier alpha value is -2.31. The molecule has 0 radical (unpaired) electrons. The quantitative estimate of drug-likeness (QED) is 0.551. The lowest BCUT2D eigenvalue weighted by molar-refractivity contribution is -0.384. The number of aromatic amines is 1. The molecule has 3 rings (SSSR count). The van der Waals surface area contributed by atoms with Gasteiger partial charge in [-0.1, -0.05) is 23.4 Å². The van der Waals surface area contributed by atoms with Crippen molar-refractivity contribution in [3.05, 3.63) is 69.9 Å². The molecule has 0 aliphatic heterocycles. The molecule has 3 aromatic rings. The Morgan fingerprint density at radius 3 is 2.55 bits per heavy atom. The monoisotopic (exact) mass is 331 g/mol. The van der Waals surface area contributed by atoms with E-state index in [-0.39, 0.29) is 5.69 Å². The Labute approximate surface area is 135 Å². The molecule has 7 heteroatoms. The fourth-order valence-electron chi connectivity index (χ4n) is 1.97. The van der Waals surface area contributed by atoms with Crippen molar-refractivity contribution < 1.29 is 4.92 Å². The van der Waals surface area contributed by atoms with Crippen molar-refractivity contribution in [2.45, 2.75) is 9.79 Å². The molecule has 0 saturated heterocycles. The Morgan fingerprint density at radius 1 is 1.14 bits per heavy atom. The molecule has 5 nitrogen and oxygen atoms in total. The molecule has 0 aliphatic carbocycles. The summed E-state index contributed by atoms with van der Waals surface area (Å²) in [4.78, 5) is 12.5. The highest BCUT2D eigenvalue weighted by Gasteiger charge is 2.14. The van der Waals surface area contributed by atoms with Gasteiger partial charge in [0, 0.05) is 38.7 Å². The van der Waals surface area contributed by atoms with E-state index in [2.05, 4.69) is 10.2 Å². The van der Waals surface area contributed by atoms with Gasteiger partial charge in [0.15, 0.2) is 0 Å². The summed E-state index contributed by atoms with van der Waals surface area (Å²) in [7, 11) is 0. The number of nitro benzene ring substituents is 1. The van der Waals surface area contributed by atoms with E-state index in [0.29, 0.717) is 5.02 Å². The molecular formula is C15H10ClN3O2S. The van der Waals surface area contributed by atoms with Crippen molar-refractivity contribution >= 4 is 29.1 Å². The van der Waals surface area contributed by atoms with Crippen LogP contribution in [0.3, 0.4) is 0 Å². The van der Waals surface area contributed by atoms with Gasteiger partial charge in [0.05, 0.1) is 10.6 Å². The predicted octanol–water partition coefficient (Wildman–Crippen LogP) is 4.79. The smallest absolute Gasteiger partial charge is 0.270 e. The summed E-state index contributed by atoms with van der Waals surface area (Å²) in [5.74, 6) is 0. The number of hydrogen-bond acceptors (Lipinski definition) is 4. The molecule has 22 heavy (non-hydrogen) atoms. The second-order valence-corrected chi connectivity index (χ2v) is 6.02. The molecule has 2 aromatic carbocycles. The zero-order valence-electron chi connectivity index (χ0n) is 11.2. The molecular weight excluding hydrogens is 322 g/mol. The van der Waals surface area contributed by atoms with Crippen LogP contribution in [0.4, 0.5) is 5.69 Å². The fourth-order valence-corrected chi connectivity index (χ4v) is 3.03. The van der Waals surface area contributed by atoms with E-state index in [4.69, 9.17) is 11.6 Å². The van der Waals surface area contributed by atoms with Crippen LogP contribution in [0.2, 0.25) is 5.02 Å². The molecule has 0 amide bonds. The molecule has 110 valence electrons. The van der Waals surface area contributed by atoms with E-state index in [1.807, 2.05) is 24.3 Å². The fraction of sp³-hybridized carbons (Fsp3) is 0. The molecule has 1 heterocycles. The van der Waals surface area contributed by atoms with Crippen molar-refractivity contribution in [3.63, 3.8) is 0 Å². The van der Waals surface area contributed by atoms with Crippen LogP contribution in [-0.2, 0) is 0 Å². The van der Waals surface area contributed by atoms with Crippen LogP contribution >= 0.6 is 23.4 Å². The molecule has 0 atom stereocenters. The first kappa shape index (κ1) is 14.6. The number of halogens is 1. The van der Waals surface area contributed by atoms with E-state index in [1.165, 1.54) is 17.8 Å². The molecule has 0 aliphatic rings. The van der Waals surface area contributed by atoms with Gasteiger partial charge in [-0.2, -0.15) is 5.10 Å². The summed E-state index contributed by atoms with van der Waals surface area (Å²) in [5.41, 5.74) is 1.52. The lowest BCUT2D eigenvalue weighted by Crippen LogP contribution is -1.90. The average Bonchev–Trinajstić information content (AvgIpc) is 3.04. The molecule has 0 unspecified atom stereocenters. The lowest BCUT2D eigenvalue weighted by atomic mass is 10.1. The first-order chi connectivity index (χ1) is 10.6. The third-order valence-electron chi connectivity index (χ3n) is 3.01. The van der Waals surface area contributed by atoms with Crippen molar-refractivity contribution in [3.8, 4) is 11.3 Å². The number of nitrogens with zero attached hydrogens (tertiary/aromatic N) is 2. The largest absolute Gasteiger partial charge is 0.278 e. The van der Waals surface area contributed by atoms with Gasteiger partial charge in [-0.05, 0) is 36.4 Å². The minimum atomic E-state index is -0.406. The van der Waals surface area contributed by atoms with Gasteiger partial charge in [0.1, 0.15) is 0 Å². The second-order valence-electron chi connectivity index (χ2n) is 4.46. The first-order valence-electron chi connectivity index (χ1n) is 6.35. The van der Waals surface area contributed by atoms with Crippen molar-refractivity contribution in [2.24, 2.45) is 0 Å². The van der Waals surface area contributed by atoms with Crippen LogP contribution in [-0.4, -0.2) is 15.1 Å². The van der Waals surface area contributed by atoms with Crippen LogP contribution in [0.5, 0.6) is 0 Å². The Bertz CT molecular complexity index is 804. The van der Waals surface area contributed by atoms with Crippen LogP contribution in [0, 0.1) is 10.1 Å². The van der Waals surface area contributed by atoms with Crippen molar-refractivity contribution in [1.82, 2.24) is 10.2 Å². The SMILES string of the molecule is O=[N+]([O-])c1ccc(Sc2ccc(Cl)cc2)c(-c2ccn[nH]2)c1. The lowest BCUT2D eigenvalue weighted by Gasteiger charge is -2.08. The minimum Gasteiger partial charge on any atom is -0.278 e. The highest BCUT2D eigenvalue weighted by atomic mass is 35.5. The molecule has 1 aromatic heterocycles. The van der Waals surface area contributed by atoms with E-state index >= 15 is 0 Å². The maximum atomic E-state index is 11.0. The third kappa shape index (κ3) is 3.13. The van der Waals surface area contributed by atoms with E-state index in [1.54, 1.807) is 24.4 Å². The number of aromatic nitrogens is 2. The number of non-ortho nitro benzene ring substituents is 1. The zero-order chi connectivity index (χ0) is 15.5. The van der Waals surface area contributed by atoms with Crippen LogP contribution in [0.15, 0.2) is 64.5 Å². The van der Waals surface area contributed by atoms with E-state index < -0.39 is 4.92 Å². The standard InChI is InChI=1S/C15H10ClN3O2S/c16-10-1-4-12(5-2-10)22-15-6-3-11(19(20)21)9-13(15)14-7-8-17-18-14/h1-9H,(H,17,18). The first-order valence-corrected chi connectivity index (χ1v) is 7.54. The third-order valence-corrected chi connectivity index (χ3v) is 4.34. The highest BCUT2D eigenvalue weighted by molar-refractivity contribution is 7.99. The molecule has 0 bridgehead atoms. The van der Waals surface area contributed by atoms with Gasteiger partial charge in [0.25, 0.3) is 5.69 Å². The number of nitrogens with one attached hydrogen (secondary N) is 1. The van der Waals surface area contributed by atoms with Gasteiger partial charge in [-0.15, -0.1) is 0 Å². The van der Waals surface area contributed by atoms with Gasteiger partial charge >= 0.3 is 0 Å². The molecule has 0 saturated carbocycles. The topological polar surface area (TPSA) is 71.8 Å². The normalized spacial score (nSPS) is 10.6. The zero-order valence-corrected chi connectivity index (χ0v) is 12.8. The number of H-pyrrole nitrogens is 1. The summed E-state index contributed by atoms with van der Waals surface area (Å²) < 4.78 is 0. The van der Waals surface area contributed by atoms with E-state index in [9.17, 15) is 10.1 Å². The number of rotatable bonds is 4. The number of benzene rings is 2. The maximum Gasteiger partial charge on any atom is 0.270 e. The Kier molecular flexibility index (Phi) is 4.13. The summed E-state index contributed by atoms with van der Waals surface area (Å²) in [6.45, 7) is 0. The average molecular weight is 332 g/mol. The van der Waals surface area contributed by atoms with Gasteiger partial charge < -0.3 is 0 Å². The predicted molar refractivity (Wildman–Crippen MR) is 86.3 cm³/mol.